The normalized spacial score (nSPS) is 13.8. The fraction of sp³-hybridized carbons (Fsp3) is 0.667. The van der Waals surface area contributed by atoms with Crippen molar-refractivity contribution in [1.29, 1.82) is 0 Å². The van der Waals surface area contributed by atoms with E-state index in [-0.39, 0.29) is 11.8 Å². The lowest BCUT2D eigenvalue weighted by Gasteiger charge is -2.17. The molecule has 0 aliphatic carbocycles. The first-order valence-corrected chi connectivity index (χ1v) is 8.88. The van der Waals surface area contributed by atoms with Crippen LogP contribution in [0.15, 0.2) is 10.8 Å². The minimum Gasteiger partial charge on any atom is -0.310 e. The van der Waals surface area contributed by atoms with Gasteiger partial charge in [0.25, 0.3) is 0 Å². The monoisotopic (exact) mass is 275 g/mol. The van der Waals surface area contributed by atoms with E-state index >= 15 is 0 Å². The van der Waals surface area contributed by atoms with E-state index in [0.29, 0.717) is 6.42 Å². The van der Waals surface area contributed by atoms with Crippen molar-refractivity contribution in [3.63, 3.8) is 0 Å². The summed E-state index contributed by atoms with van der Waals surface area (Å²) < 4.78 is 22.2. The van der Waals surface area contributed by atoms with Gasteiger partial charge >= 0.3 is 0 Å². The van der Waals surface area contributed by atoms with Gasteiger partial charge in [-0.05, 0) is 48.2 Å². The molecular weight excluding hydrogens is 254 g/mol. The van der Waals surface area contributed by atoms with Crippen molar-refractivity contribution in [2.75, 3.05) is 18.6 Å². The molecule has 0 saturated heterocycles. The Bertz CT molecular complexity index is 437. The Kier molecular flexibility index (Phi) is 5.62. The first-order chi connectivity index (χ1) is 7.94. The number of sulfone groups is 1. The van der Waals surface area contributed by atoms with Crippen molar-refractivity contribution in [2.45, 2.75) is 32.7 Å². The molecule has 17 heavy (non-hydrogen) atoms. The molecule has 0 bridgehead atoms. The predicted molar refractivity (Wildman–Crippen MR) is 74.4 cm³/mol. The number of rotatable bonds is 7. The summed E-state index contributed by atoms with van der Waals surface area (Å²) in [5, 5.41) is 7.71. The quantitative estimate of drug-likeness (QED) is 0.832. The maximum atomic E-state index is 11.1. The maximum Gasteiger partial charge on any atom is 0.147 e. The van der Waals surface area contributed by atoms with Gasteiger partial charge in [-0.2, -0.15) is 11.3 Å². The van der Waals surface area contributed by atoms with E-state index in [1.165, 1.54) is 17.4 Å². The molecule has 0 fully saturated rings. The summed E-state index contributed by atoms with van der Waals surface area (Å²) >= 11 is 1.70. The van der Waals surface area contributed by atoms with Crippen LogP contribution in [0.1, 0.15) is 36.9 Å². The van der Waals surface area contributed by atoms with Crippen LogP contribution in [0.4, 0.5) is 0 Å². The first-order valence-electron chi connectivity index (χ1n) is 5.88. The Morgan fingerprint density at radius 1 is 1.41 bits per heavy atom. The van der Waals surface area contributed by atoms with Gasteiger partial charge in [-0.25, -0.2) is 8.42 Å². The molecule has 0 amide bonds. The predicted octanol–water partition coefficient (Wildman–Crippen LogP) is 2.53. The zero-order valence-electron chi connectivity index (χ0n) is 10.7. The van der Waals surface area contributed by atoms with Crippen LogP contribution >= 0.6 is 11.3 Å². The van der Waals surface area contributed by atoms with Gasteiger partial charge in [-0.3, -0.25) is 0 Å². The molecule has 1 N–H and O–H groups in total. The molecule has 0 aliphatic rings. The number of aryl methyl sites for hydroxylation is 1. The van der Waals surface area contributed by atoms with Gasteiger partial charge in [0.2, 0.25) is 0 Å². The summed E-state index contributed by atoms with van der Waals surface area (Å²) in [4.78, 5) is 0. The highest BCUT2D eigenvalue weighted by molar-refractivity contribution is 7.90. The van der Waals surface area contributed by atoms with Crippen molar-refractivity contribution in [3.8, 4) is 0 Å². The average Bonchev–Trinajstić information content (AvgIpc) is 2.61. The topological polar surface area (TPSA) is 46.2 Å². The molecule has 0 aliphatic heterocycles. The van der Waals surface area contributed by atoms with E-state index in [4.69, 9.17) is 0 Å². The van der Waals surface area contributed by atoms with E-state index in [1.807, 2.05) is 0 Å². The second-order valence-electron chi connectivity index (χ2n) is 4.39. The van der Waals surface area contributed by atoms with E-state index in [9.17, 15) is 8.42 Å². The fourth-order valence-corrected chi connectivity index (χ4v) is 3.49. The molecule has 1 rings (SSSR count). The molecule has 1 aromatic rings. The molecule has 5 heteroatoms. The molecule has 0 aromatic carbocycles. The Balaban J connectivity index is 2.59. The minimum atomic E-state index is -2.84. The Hall–Kier alpha value is -0.390. The van der Waals surface area contributed by atoms with Crippen molar-refractivity contribution < 1.29 is 8.42 Å². The van der Waals surface area contributed by atoms with Crippen molar-refractivity contribution >= 4 is 21.2 Å². The van der Waals surface area contributed by atoms with Crippen LogP contribution in [0.2, 0.25) is 0 Å². The summed E-state index contributed by atoms with van der Waals surface area (Å²) in [5.41, 5.74) is 2.60. The Labute approximate surface area is 108 Å². The van der Waals surface area contributed by atoms with Crippen molar-refractivity contribution in [3.05, 3.63) is 21.9 Å². The van der Waals surface area contributed by atoms with E-state index < -0.39 is 9.84 Å². The summed E-state index contributed by atoms with van der Waals surface area (Å²) in [7, 11) is -2.84. The van der Waals surface area contributed by atoms with Gasteiger partial charge in [0.1, 0.15) is 9.84 Å². The minimum absolute atomic E-state index is 0.276. The first kappa shape index (κ1) is 14.7. The summed E-state index contributed by atoms with van der Waals surface area (Å²) in [6.07, 6.45) is 2.88. The highest BCUT2D eigenvalue weighted by Crippen LogP contribution is 2.25. The highest BCUT2D eigenvalue weighted by Gasteiger charge is 2.14. The molecule has 98 valence electrons. The third-order valence-corrected chi connectivity index (χ3v) is 4.64. The smallest absolute Gasteiger partial charge is 0.147 e. The van der Waals surface area contributed by atoms with E-state index in [0.717, 1.165) is 13.0 Å². The van der Waals surface area contributed by atoms with Crippen LogP contribution in [0.5, 0.6) is 0 Å². The summed E-state index contributed by atoms with van der Waals surface area (Å²) in [5.74, 6) is 0.276. The van der Waals surface area contributed by atoms with Crippen molar-refractivity contribution in [2.24, 2.45) is 0 Å². The molecule has 0 radical (unpaired) electrons. The largest absolute Gasteiger partial charge is 0.310 e. The van der Waals surface area contributed by atoms with E-state index in [1.54, 1.807) is 11.3 Å². The lowest BCUT2D eigenvalue weighted by atomic mass is 10.0. The third kappa shape index (κ3) is 5.19. The molecule has 0 saturated carbocycles. The second-order valence-corrected chi connectivity index (χ2v) is 7.40. The number of nitrogens with one attached hydrogen (secondary N) is 1. The summed E-state index contributed by atoms with van der Waals surface area (Å²) in [6, 6.07) is 0.285. The Morgan fingerprint density at radius 3 is 2.59 bits per heavy atom. The summed E-state index contributed by atoms with van der Waals surface area (Å²) in [6.45, 7) is 5.08. The highest BCUT2D eigenvalue weighted by atomic mass is 32.2. The molecule has 0 spiro atoms. The van der Waals surface area contributed by atoms with Gasteiger partial charge in [0.05, 0.1) is 0 Å². The van der Waals surface area contributed by atoms with Gasteiger partial charge in [0.15, 0.2) is 0 Å². The fourth-order valence-electron chi connectivity index (χ4n) is 1.89. The zero-order valence-corrected chi connectivity index (χ0v) is 12.3. The average molecular weight is 275 g/mol. The number of hydrogen-bond acceptors (Lipinski definition) is 4. The molecule has 1 atom stereocenters. The number of hydrogen-bond donors (Lipinski definition) is 1. The van der Waals surface area contributed by atoms with Crippen molar-refractivity contribution in [1.82, 2.24) is 5.32 Å². The van der Waals surface area contributed by atoms with Crippen LogP contribution in [-0.4, -0.2) is 27.0 Å². The molecule has 1 heterocycles. The maximum absolute atomic E-state index is 11.1. The van der Waals surface area contributed by atoms with Gasteiger partial charge in [-0.15, -0.1) is 0 Å². The standard InChI is InChI=1S/C12H21NO2S2/c1-4-13-12(6-5-7-17(3,14)15)11-9-16-8-10(11)2/h8-9,12-13H,4-7H2,1-3H3. The Morgan fingerprint density at radius 2 is 2.12 bits per heavy atom. The van der Waals surface area contributed by atoms with Crippen LogP contribution in [0.25, 0.3) is 0 Å². The molecular formula is C12H21NO2S2. The van der Waals surface area contributed by atoms with E-state index in [2.05, 4.69) is 29.9 Å². The van der Waals surface area contributed by atoms with Crippen LogP contribution < -0.4 is 5.32 Å². The molecule has 3 nitrogen and oxygen atoms in total. The SMILES string of the molecule is CCNC(CCCS(C)(=O)=O)c1cscc1C. The van der Waals surface area contributed by atoms with Crippen LogP contribution in [-0.2, 0) is 9.84 Å². The third-order valence-electron chi connectivity index (χ3n) is 2.73. The molecule has 1 unspecified atom stereocenters. The molecule has 1 aromatic heterocycles. The van der Waals surface area contributed by atoms with Crippen LogP contribution in [0.3, 0.4) is 0 Å². The number of thiophene rings is 1. The second kappa shape index (κ2) is 6.52. The van der Waals surface area contributed by atoms with Gasteiger partial charge < -0.3 is 5.32 Å². The zero-order chi connectivity index (χ0) is 12.9. The lowest BCUT2D eigenvalue weighted by molar-refractivity contribution is 0.506. The van der Waals surface area contributed by atoms with Gasteiger partial charge in [0, 0.05) is 18.1 Å². The van der Waals surface area contributed by atoms with Gasteiger partial charge in [-0.1, -0.05) is 6.92 Å². The van der Waals surface area contributed by atoms with Crippen LogP contribution in [0, 0.1) is 6.92 Å². The lowest BCUT2D eigenvalue weighted by Crippen LogP contribution is -2.21.